The Bertz CT molecular complexity index is 1240. The Balaban J connectivity index is 1.77. The van der Waals surface area contributed by atoms with Crippen LogP contribution in [0.15, 0.2) is 53.3 Å². The second-order valence-corrected chi connectivity index (χ2v) is 6.17. The smallest absolute Gasteiger partial charge is 0.262 e. The summed E-state index contributed by atoms with van der Waals surface area (Å²) < 4.78 is 29.5. The molecule has 0 radical (unpaired) electrons. The fourth-order valence-electron chi connectivity index (χ4n) is 3.07. The Morgan fingerprint density at radius 1 is 1.11 bits per heavy atom. The number of amides is 1. The van der Waals surface area contributed by atoms with E-state index in [0.717, 1.165) is 12.1 Å². The molecule has 0 bridgehead atoms. The predicted octanol–water partition coefficient (Wildman–Crippen LogP) is 2.87. The van der Waals surface area contributed by atoms with Crippen LogP contribution in [0.1, 0.15) is 5.69 Å². The number of hydrogen-bond donors (Lipinski definition) is 1. The van der Waals surface area contributed by atoms with Gasteiger partial charge in [0.25, 0.3) is 5.56 Å². The molecule has 2 aromatic carbocycles. The van der Waals surface area contributed by atoms with Crippen LogP contribution in [0.2, 0.25) is 0 Å². The number of nitrogens with zero attached hydrogens (tertiary/aromatic N) is 3. The lowest BCUT2D eigenvalue weighted by molar-refractivity contribution is -0.116. The van der Waals surface area contributed by atoms with Crippen LogP contribution >= 0.6 is 0 Å². The van der Waals surface area contributed by atoms with E-state index in [1.807, 2.05) is 0 Å². The second-order valence-electron chi connectivity index (χ2n) is 6.17. The minimum atomic E-state index is -0.804. The second kappa shape index (κ2) is 6.31. The normalized spacial score (nSPS) is 11.2. The monoisotopic (exact) mass is 368 g/mol. The standard InChI is InChI=1S/C19H14F2N4O2/c1-11-6-18-24(10-17(26)22-14-8-12(20)7-13(21)9-14)19(27)15-4-2-3-5-16(15)25(18)23-11/h2-9H,10H2,1H3,(H,22,26). The quantitative estimate of drug-likeness (QED) is 0.605. The molecule has 2 aromatic heterocycles. The van der Waals surface area contributed by atoms with Gasteiger partial charge in [-0.15, -0.1) is 0 Å². The Hall–Kier alpha value is -3.55. The molecule has 0 unspecified atom stereocenters. The van der Waals surface area contributed by atoms with E-state index in [9.17, 15) is 18.4 Å². The van der Waals surface area contributed by atoms with Crippen LogP contribution in [0, 0.1) is 18.6 Å². The minimum Gasteiger partial charge on any atom is -0.324 e. The summed E-state index contributed by atoms with van der Waals surface area (Å²) in [6.07, 6.45) is 0. The maximum Gasteiger partial charge on any atom is 0.262 e. The topological polar surface area (TPSA) is 68.4 Å². The number of nitrogens with one attached hydrogen (secondary N) is 1. The molecule has 136 valence electrons. The number of fused-ring (bicyclic) bond motifs is 3. The van der Waals surface area contributed by atoms with E-state index in [1.165, 1.54) is 4.57 Å². The van der Waals surface area contributed by atoms with Gasteiger partial charge in [0.1, 0.15) is 23.8 Å². The van der Waals surface area contributed by atoms with Crippen molar-refractivity contribution in [3.63, 3.8) is 0 Å². The fraction of sp³-hybridized carbons (Fsp3) is 0.105. The third-order valence-electron chi connectivity index (χ3n) is 4.15. The van der Waals surface area contributed by atoms with Gasteiger partial charge in [0.05, 0.1) is 16.6 Å². The van der Waals surface area contributed by atoms with Crippen molar-refractivity contribution in [1.29, 1.82) is 0 Å². The molecule has 0 fully saturated rings. The molecular formula is C19H14F2N4O2. The molecule has 0 saturated carbocycles. The highest BCUT2D eigenvalue weighted by Crippen LogP contribution is 2.16. The molecule has 0 aliphatic heterocycles. The van der Waals surface area contributed by atoms with Crippen molar-refractivity contribution in [3.05, 3.63) is 76.2 Å². The van der Waals surface area contributed by atoms with Crippen LogP contribution in [0.4, 0.5) is 14.5 Å². The minimum absolute atomic E-state index is 0.0213. The van der Waals surface area contributed by atoms with Crippen molar-refractivity contribution in [2.24, 2.45) is 0 Å². The number of hydrogen-bond acceptors (Lipinski definition) is 3. The number of benzene rings is 2. The van der Waals surface area contributed by atoms with Crippen molar-refractivity contribution in [1.82, 2.24) is 14.2 Å². The summed E-state index contributed by atoms with van der Waals surface area (Å²) >= 11 is 0. The van der Waals surface area contributed by atoms with Gasteiger partial charge in [0.2, 0.25) is 5.91 Å². The van der Waals surface area contributed by atoms with E-state index in [4.69, 9.17) is 0 Å². The van der Waals surface area contributed by atoms with Gasteiger partial charge in [0.15, 0.2) is 0 Å². The van der Waals surface area contributed by atoms with Gasteiger partial charge in [-0.3, -0.25) is 14.2 Å². The predicted molar refractivity (Wildman–Crippen MR) is 96.7 cm³/mol. The van der Waals surface area contributed by atoms with Crippen LogP contribution in [0.25, 0.3) is 16.6 Å². The Kier molecular flexibility index (Phi) is 3.95. The van der Waals surface area contributed by atoms with E-state index < -0.39 is 17.5 Å². The zero-order valence-electron chi connectivity index (χ0n) is 14.2. The van der Waals surface area contributed by atoms with Crippen molar-refractivity contribution in [2.45, 2.75) is 13.5 Å². The number of rotatable bonds is 3. The summed E-state index contributed by atoms with van der Waals surface area (Å²) in [6.45, 7) is 1.46. The Morgan fingerprint density at radius 3 is 2.56 bits per heavy atom. The SMILES string of the molecule is Cc1cc2n(CC(=O)Nc3cc(F)cc(F)c3)c(=O)c3ccccc3n2n1. The molecule has 27 heavy (non-hydrogen) atoms. The molecule has 0 atom stereocenters. The number of carbonyl (C=O) groups is 1. The van der Waals surface area contributed by atoms with Gasteiger partial charge in [-0.05, 0) is 31.2 Å². The van der Waals surface area contributed by atoms with E-state index in [2.05, 4.69) is 10.4 Å². The first-order chi connectivity index (χ1) is 12.9. The van der Waals surface area contributed by atoms with E-state index in [0.29, 0.717) is 28.3 Å². The average Bonchev–Trinajstić information content (AvgIpc) is 2.99. The maximum absolute atomic E-state index is 13.3. The first-order valence-electron chi connectivity index (χ1n) is 8.16. The summed E-state index contributed by atoms with van der Waals surface area (Å²) in [7, 11) is 0. The van der Waals surface area contributed by atoms with Crippen molar-refractivity contribution in [2.75, 3.05) is 5.32 Å². The largest absolute Gasteiger partial charge is 0.324 e. The first-order valence-corrected chi connectivity index (χ1v) is 8.16. The number of aryl methyl sites for hydroxylation is 1. The number of para-hydroxylation sites is 1. The van der Waals surface area contributed by atoms with Crippen LogP contribution in [0.3, 0.4) is 0 Å². The third-order valence-corrected chi connectivity index (χ3v) is 4.15. The fourth-order valence-corrected chi connectivity index (χ4v) is 3.07. The van der Waals surface area contributed by atoms with Gasteiger partial charge < -0.3 is 5.32 Å². The summed E-state index contributed by atoms with van der Waals surface area (Å²) in [5, 5.41) is 7.21. The van der Waals surface area contributed by atoms with Crippen LogP contribution in [0.5, 0.6) is 0 Å². The molecular weight excluding hydrogens is 354 g/mol. The van der Waals surface area contributed by atoms with E-state index >= 15 is 0 Å². The molecule has 4 rings (SSSR count). The van der Waals surface area contributed by atoms with Crippen molar-refractivity contribution in [3.8, 4) is 0 Å². The van der Waals surface area contributed by atoms with Crippen molar-refractivity contribution < 1.29 is 13.6 Å². The highest BCUT2D eigenvalue weighted by molar-refractivity contribution is 5.91. The van der Waals surface area contributed by atoms with Gasteiger partial charge in [-0.2, -0.15) is 5.10 Å². The number of anilines is 1. The zero-order valence-corrected chi connectivity index (χ0v) is 14.2. The van der Waals surface area contributed by atoms with Crippen molar-refractivity contribution >= 4 is 28.1 Å². The molecule has 0 spiro atoms. The van der Waals surface area contributed by atoms with Gasteiger partial charge in [-0.1, -0.05) is 12.1 Å². The molecule has 2 heterocycles. The molecule has 4 aromatic rings. The Labute approximate surface area is 151 Å². The lowest BCUT2D eigenvalue weighted by Gasteiger charge is -2.11. The number of halogens is 2. The van der Waals surface area contributed by atoms with Crippen LogP contribution < -0.4 is 10.9 Å². The molecule has 6 nitrogen and oxygen atoms in total. The average molecular weight is 368 g/mol. The maximum atomic E-state index is 13.3. The lowest BCUT2D eigenvalue weighted by atomic mass is 10.2. The highest BCUT2D eigenvalue weighted by atomic mass is 19.1. The zero-order chi connectivity index (χ0) is 19.1. The summed E-state index contributed by atoms with van der Waals surface area (Å²) in [5.74, 6) is -2.19. The van der Waals surface area contributed by atoms with Crippen LogP contribution in [-0.2, 0) is 11.3 Å². The Morgan fingerprint density at radius 2 is 1.81 bits per heavy atom. The molecule has 0 aliphatic rings. The molecule has 8 heteroatoms. The molecule has 1 amide bonds. The van der Waals surface area contributed by atoms with Crippen LogP contribution in [-0.4, -0.2) is 20.1 Å². The number of aromatic nitrogens is 3. The summed E-state index contributed by atoms with van der Waals surface area (Å²) in [4.78, 5) is 25.3. The number of carbonyl (C=O) groups excluding carboxylic acids is 1. The summed E-state index contributed by atoms with van der Waals surface area (Å²) in [5.41, 5.74) is 1.41. The molecule has 0 aliphatic carbocycles. The molecule has 1 N–H and O–H groups in total. The summed E-state index contributed by atoms with van der Waals surface area (Å²) in [6, 6.07) is 11.4. The lowest BCUT2D eigenvalue weighted by Crippen LogP contribution is -2.29. The first kappa shape index (κ1) is 16.9. The van der Waals surface area contributed by atoms with E-state index in [-0.39, 0.29) is 17.8 Å². The highest BCUT2D eigenvalue weighted by Gasteiger charge is 2.15. The third kappa shape index (κ3) is 3.05. The molecule has 0 saturated heterocycles. The van der Waals surface area contributed by atoms with Gasteiger partial charge >= 0.3 is 0 Å². The van der Waals surface area contributed by atoms with Gasteiger partial charge in [0, 0.05) is 17.8 Å². The van der Waals surface area contributed by atoms with E-state index in [1.54, 1.807) is 41.8 Å². The van der Waals surface area contributed by atoms with Gasteiger partial charge in [-0.25, -0.2) is 13.3 Å².